The fraction of sp³-hybridized carbons (Fsp3) is 0.588. The molecule has 0 radical (unpaired) electrons. The minimum Gasteiger partial charge on any atom is -0.496 e. The largest absolute Gasteiger partial charge is 0.496 e. The van der Waals surface area contributed by atoms with E-state index in [2.05, 4.69) is 0 Å². The first-order valence-corrected chi connectivity index (χ1v) is 8.67. The Bertz CT molecular complexity index is 1280. The highest BCUT2D eigenvalue weighted by Gasteiger charge is 2.25. The van der Waals surface area contributed by atoms with Gasteiger partial charge < -0.3 is 15.8 Å². The molecule has 140 valence electrons. The molecule has 1 aliphatic rings. The number of nitrogens with zero attached hydrogens (tertiary/aromatic N) is 1. The first-order valence-electron chi connectivity index (χ1n) is 14.0. The number of nitrogens with two attached hydrogens (primary N) is 1. The normalized spacial score (nSPS) is 36.6. The lowest BCUT2D eigenvalue weighted by Crippen LogP contribution is -2.40. The summed E-state index contributed by atoms with van der Waals surface area (Å²) >= 11 is 0. The number of hydrogen-bond acceptors (Lipinski definition) is 6. The van der Waals surface area contributed by atoms with Crippen molar-refractivity contribution in [3.8, 4) is 5.75 Å². The summed E-state index contributed by atoms with van der Waals surface area (Å²) in [6.07, 6.45) is -7.36. The van der Waals surface area contributed by atoms with E-state index in [9.17, 15) is 13.2 Å². The van der Waals surface area contributed by atoms with Crippen LogP contribution in [0, 0.1) is 0 Å². The van der Waals surface area contributed by atoms with Crippen molar-refractivity contribution in [3.63, 3.8) is 0 Å². The monoisotopic (exact) mass is 383 g/mol. The maximum Gasteiger partial charge on any atom is 0.255 e. The molecular weight excluding hydrogens is 342 g/mol. The Kier molecular flexibility index (Phi) is 2.52. The van der Waals surface area contributed by atoms with E-state index in [1.165, 1.54) is 6.92 Å². The van der Waals surface area contributed by atoms with Gasteiger partial charge >= 0.3 is 0 Å². The third kappa shape index (κ3) is 4.24. The van der Waals surface area contributed by atoms with Gasteiger partial charge in [0.1, 0.15) is 5.75 Å². The summed E-state index contributed by atoms with van der Waals surface area (Å²) < 4.78 is 142. The van der Waals surface area contributed by atoms with Gasteiger partial charge in [0, 0.05) is 35.1 Å². The third-order valence-electron chi connectivity index (χ3n) is 3.25. The number of rotatable bonds is 7. The molecular formula is C17H27N3O4S. The van der Waals surface area contributed by atoms with Crippen LogP contribution < -0.4 is 15.8 Å². The Morgan fingerprint density at radius 2 is 2.44 bits per heavy atom. The van der Waals surface area contributed by atoms with Crippen molar-refractivity contribution in [2.45, 2.75) is 37.4 Å². The summed E-state index contributed by atoms with van der Waals surface area (Å²) in [7, 11) is -3.32. The van der Waals surface area contributed by atoms with Crippen molar-refractivity contribution in [2.75, 3.05) is 38.1 Å². The van der Waals surface area contributed by atoms with Crippen LogP contribution in [0.2, 0.25) is 0 Å². The fourth-order valence-corrected chi connectivity index (χ4v) is 2.86. The summed E-state index contributed by atoms with van der Waals surface area (Å²) in [4.78, 5) is 11.9. The molecule has 1 heterocycles. The van der Waals surface area contributed by atoms with E-state index < -0.39 is 106 Å². The Morgan fingerprint density at radius 1 is 1.68 bits per heavy atom. The number of anilines is 1. The number of nitrogen functional groups attached to an aromatic ring is 1. The number of likely N-dealkylation sites (N-methyl/N-ethyl adjacent to an activating group) is 1. The van der Waals surface area contributed by atoms with Crippen LogP contribution in [0.25, 0.3) is 0 Å². The Morgan fingerprint density at radius 3 is 3.08 bits per heavy atom. The van der Waals surface area contributed by atoms with Gasteiger partial charge in [-0.1, -0.05) is 13.8 Å². The highest BCUT2D eigenvalue weighted by atomic mass is 32.2. The van der Waals surface area contributed by atoms with Crippen LogP contribution in [-0.2, 0) is 9.84 Å². The summed E-state index contributed by atoms with van der Waals surface area (Å²) in [5, 5.41) is 1.91. The van der Waals surface area contributed by atoms with Crippen molar-refractivity contribution in [1.29, 1.82) is 0 Å². The van der Waals surface area contributed by atoms with Crippen LogP contribution in [0.4, 0.5) is 5.69 Å². The van der Waals surface area contributed by atoms with Gasteiger partial charge in [-0.15, -0.1) is 0 Å². The van der Waals surface area contributed by atoms with Gasteiger partial charge in [-0.25, -0.2) is 8.42 Å². The smallest absolute Gasteiger partial charge is 0.255 e. The molecule has 0 aromatic heterocycles. The molecule has 0 saturated carbocycles. The molecule has 8 heteroatoms. The number of ether oxygens (including phenoxy) is 1. The number of benzene rings is 1. The third-order valence-corrected chi connectivity index (χ3v) is 4.96. The second-order valence-corrected chi connectivity index (χ2v) is 6.96. The number of nitrogens with one attached hydrogen (secondary N) is 1. The first kappa shape index (κ1) is 7.84. The zero-order valence-corrected chi connectivity index (χ0v) is 14.3. The van der Waals surface area contributed by atoms with E-state index >= 15 is 0 Å². The maximum atomic E-state index is 13.2. The molecule has 1 atom stereocenters. The Labute approximate surface area is 169 Å². The molecule has 1 aliphatic heterocycles. The molecule has 1 aromatic rings. The molecule has 1 amide bonds. The molecule has 0 spiro atoms. The molecule has 25 heavy (non-hydrogen) atoms. The molecule has 1 saturated heterocycles. The number of amides is 1. The zero-order chi connectivity index (χ0) is 30.9. The second-order valence-electron chi connectivity index (χ2n) is 4.74. The molecule has 3 N–H and O–H groups in total. The maximum absolute atomic E-state index is 13.2. The Hall–Kier alpha value is -1.80. The fourth-order valence-electron chi connectivity index (χ4n) is 1.93. The Balaban J connectivity index is 2.76. The van der Waals surface area contributed by atoms with Crippen LogP contribution in [0.3, 0.4) is 0 Å². The van der Waals surface area contributed by atoms with Gasteiger partial charge in [0.05, 0.1) is 31.8 Å². The SMILES string of the molecule is [2H]c1c(N)c(S(=O)(=O)CC)c([2H])c(C(=O)NCC2([2H])N(C([2H])([2H])C([2H])([2H])[2H])C([2H])([2H])C([2H])([2H])C2([2H])[2H])c1OC. The molecule has 1 fully saturated rings. The van der Waals surface area contributed by atoms with Crippen molar-refractivity contribution in [3.05, 3.63) is 17.6 Å². The lowest BCUT2D eigenvalue weighted by atomic mass is 10.1. The average Bonchev–Trinajstić information content (AvgIpc) is 2.85. The van der Waals surface area contributed by atoms with Crippen molar-refractivity contribution in [1.82, 2.24) is 10.2 Å². The van der Waals surface area contributed by atoms with E-state index in [4.69, 9.17) is 29.7 Å². The van der Waals surface area contributed by atoms with Gasteiger partial charge in [-0.3, -0.25) is 9.69 Å². The van der Waals surface area contributed by atoms with Crippen molar-refractivity contribution in [2.24, 2.45) is 0 Å². The van der Waals surface area contributed by atoms with Gasteiger partial charge in [0.25, 0.3) is 5.91 Å². The lowest BCUT2D eigenvalue weighted by molar-refractivity contribution is 0.0938. The molecule has 1 unspecified atom stereocenters. The van der Waals surface area contributed by atoms with Crippen LogP contribution in [0.5, 0.6) is 5.75 Å². The van der Waals surface area contributed by atoms with Crippen LogP contribution in [0.1, 0.15) is 56.1 Å². The minimum absolute atomic E-state index is 0.439. The molecule has 1 aromatic carbocycles. The highest BCUT2D eigenvalue weighted by molar-refractivity contribution is 7.91. The standard InChI is InChI=1S/C17H27N3O4S/c1-4-20-8-6-7-12(20)11-19-17(21)13-9-16(25(22,23)5-2)14(18)10-15(13)24-3/h9-10,12H,4-8,11,18H2,1-3H3,(H,19,21)/i1D3,4D2,6D2,7D2,8D2,9D,10D,12D. The summed E-state index contributed by atoms with van der Waals surface area (Å²) in [6, 6.07) is -5.28. The van der Waals surface area contributed by atoms with Gasteiger partial charge in [-0.05, 0) is 31.8 Å². The van der Waals surface area contributed by atoms with E-state index in [0.717, 1.165) is 7.11 Å². The molecule has 0 aliphatic carbocycles. The van der Waals surface area contributed by atoms with E-state index in [0.29, 0.717) is 0 Å². The van der Waals surface area contributed by atoms with E-state index in [1.54, 1.807) is 0 Å². The predicted octanol–water partition coefficient (Wildman–Crippen LogP) is 1.29. The summed E-state index contributed by atoms with van der Waals surface area (Å²) in [5.41, 5.74) is 4.13. The van der Waals surface area contributed by atoms with E-state index in [1.807, 2.05) is 5.32 Å². The number of carbonyl (C=O) groups excluding carboxylic acids is 1. The quantitative estimate of drug-likeness (QED) is 0.688. The van der Waals surface area contributed by atoms with Gasteiger partial charge in [0.2, 0.25) is 0 Å². The number of likely N-dealkylation sites (tertiary alicyclic amines) is 1. The number of sulfone groups is 1. The summed E-state index contributed by atoms with van der Waals surface area (Å²) in [6.45, 7) is -11.5. The molecule has 2 rings (SSSR count). The molecule has 0 bridgehead atoms. The van der Waals surface area contributed by atoms with Gasteiger partial charge in [-0.2, -0.15) is 0 Å². The number of hydrogen-bond donors (Lipinski definition) is 2. The van der Waals surface area contributed by atoms with Gasteiger partial charge in [0.15, 0.2) is 9.84 Å². The zero-order valence-electron chi connectivity index (χ0n) is 27.5. The number of carbonyl (C=O) groups is 1. The predicted molar refractivity (Wildman–Crippen MR) is 97.7 cm³/mol. The lowest BCUT2D eigenvalue weighted by Gasteiger charge is -2.23. The number of methoxy groups -OCH3 is 1. The van der Waals surface area contributed by atoms with Crippen LogP contribution in [0.15, 0.2) is 17.0 Å². The summed E-state index contributed by atoms with van der Waals surface area (Å²) in [5.74, 6) is -2.73. The van der Waals surface area contributed by atoms with Crippen molar-refractivity contribution < 1.29 is 37.1 Å². The van der Waals surface area contributed by atoms with Crippen LogP contribution in [-0.4, -0.2) is 57.6 Å². The van der Waals surface area contributed by atoms with E-state index in [-0.39, 0.29) is 0 Å². The minimum atomic E-state index is -4.28. The van der Waals surface area contributed by atoms with Crippen molar-refractivity contribution >= 4 is 21.4 Å². The topological polar surface area (TPSA) is 102 Å². The second kappa shape index (κ2) is 8.05. The first-order chi connectivity index (χ1) is 17.2. The molecule has 7 nitrogen and oxygen atoms in total. The average molecular weight is 384 g/mol. The highest BCUT2D eigenvalue weighted by Crippen LogP contribution is 2.29. The van der Waals surface area contributed by atoms with Crippen LogP contribution >= 0.6 is 0 Å².